The van der Waals surface area contributed by atoms with Crippen LogP contribution in [0.25, 0.3) is 0 Å². The van der Waals surface area contributed by atoms with Crippen molar-refractivity contribution in [1.29, 1.82) is 5.41 Å². The van der Waals surface area contributed by atoms with E-state index in [9.17, 15) is 15.0 Å². The first-order valence-corrected chi connectivity index (χ1v) is 31.2. The second kappa shape index (κ2) is 54.2. The highest BCUT2D eigenvalue weighted by molar-refractivity contribution is 5.79. The molecule has 3 atom stereocenters. The highest BCUT2D eigenvalue weighted by atomic mass is 16.5. The maximum absolute atomic E-state index is 12.8. The van der Waals surface area contributed by atoms with Crippen molar-refractivity contribution in [1.82, 2.24) is 9.80 Å². The zero-order chi connectivity index (χ0) is 50.5. The number of carbonyl (C=O) groups excluding carboxylic acids is 2. The highest BCUT2D eigenvalue weighted by Crippen LogP contribution is 2.24. The van der Waals surface area contributed by atoms with Crippen LogP contribution in [0, 0.1) is 17.2 Å². The number of likely N-dealkylation sites (tertiary alicyclic amines) is 1. The van der Waals surface area contributed by atoms with Crippen LogP contribution < -0.4 is 0 Å². The van der Waals surface area contributed by atoms with Crippen molar-refractivity contribution in [3.05, 3.63) is 0 Å². The Labute approximate surface area is 432 Å². The van der Waals surface area contributed by atoms with Gasteiger partial charge in [-0.25, -0.2) is 0 Å². The molecule has 1 saturated heterocycles. The molecule has 1 aliphatic rings. The Morgan fingerprint density at radius 2 is 0.841 bits per heavy atom. The molecule has 0 aromatic rings. The molecular weight excluding hydrogens is 851 g/mol. The predicted molar refractivity (Wildman–Crippen MR) is 302 cm³/mol. The zero-order valence-electron chi connectivity index (χ0n) is 47.7. The minimum absolute atomic E-state index is 0.0203. The number of ether oxygens (including phenoxy) is 2. The van der Waals surface area contributed by atoms with Crippen molar-refractivity contribution in [2.24, 2.45) is 11.8 Å². The molecule has 69 heavy (non-hydrogen) atoms. The van der Waals surface area contributed by atoms with Crippen LogP contribution in [0.1, 0.15) is 324 Å². The molecule has 1 fully saturated rings. The molecule has 0 spiro atoms. The Bertz CT molecular complexity index is 1070. The van der Waals surface area contributed by atoms with E-state index in [0.29, 0.717) is 44.0 Å². The molecule has 0 radical (unpaired) electrons. The summed E-state index contributed by atoms with van der Waals surface area (Å²) in [7, 11) is 0. The van der Waals surface area contributed by atoms with Gasteiger partial charge in [-0.05, 0) is 102 Å². The number of nitrogens with one attached hydrogen (secondary N) is 1. The van der Waals surface area contributed by atoms with E-state index in [2.05, 4.69) is 51.3 Å². The van der Waals surface area contributed by atoms with E-state index in [1.165, 1.54) is 257 Å². The summed E-state index contributed by atoms with van der Waals surface area (Å²) in [5.74, 6) is 2.05. The molecule has 7 heteroatoms. The van der Waals surface area contributed by atoms with Crippen LogP contribution in [0.15, 0.2) is 0 Å². The van der Waals surface area contributed by atoms with Gasteiger partial charge in [0.15, 0.2) is 0 Å². The van der Waals surface area contributed by atoms with E-state index in [4.69, 9.17) is 9.47 Å². The third-order valence-corrected chi connectivity index (χ3v) is 15.2. The van der Waals surface area contributed by atoms with Gasteiger partial charge in [-0.15, -0.1) is 0 Å². The van der Waals surface area contributed by atoms with Crippen molar-refractivity contribution in [3.8, 4) is 0 Å². The van der Waals surface area contributed by atoms with Gasteiger partial charge in [0, 0.05) is 25.4 Å². The molecule has 1 rings (SSSR count). The van der Waals surface area contributed by atoms with Crippen LogP contribution in [0.2, 0.25) is 0 Å². The van der Waals surface area contributed by atoms with Crippen molar-refractivity contribution in [2.45, 2.75) is 330 Å². The maximum atomic E-state index is 12.8. The fourth-order valence-corrected chi connectivity index (χ4v) is 10.5. The molecule has 0 aliphatic carbocycles. The number of amidine groups is 1. The normalized spacial score (nSPS) is 14.0. The number of hydrogen-bond donors (Lipinski definition) is 1. The molecule has 1 heterocycles. The van der Waals surface area contributed by atoms with Gasteiger partial charge in [-0.3, -0.25) is 15.0 Å². The van der Waals surface area contributed by atoms with Gasteiger partial charge in [0.1, 0.15) is 0 Å². The third-order valence-electron chi connectivity index (χ3n) is 15.2. The first-order valence-electron chi connectivity index (χ1n) is 31.2. The lowest BCUT2D eigenvalue weighted by Gasteiger charge is -2.35. The largest absolute Gasteiger partial charge is 0.468 e. The first kappa shape index (κ1) is 67.4. The molecule has 1 aliphatic heterocycles. The number of rotatable bonds is 52. The van der Waals surface area contributed by atoms with E-state index in [0.717, 1.165) is 50.9 Å². The van der Waals surface area contributed by atoms with Crippen molar-refractivity contribution < 1.29 is 19.1 Å². The average molecular weight is 975 g/mol. The topological polar surface area (TPSA) is 82.9 Å². The van der Waals surface area contributed by atoms with Gasteiger partial charge in [0.25, 0.3) is 6.47 Å². The Morgan fingerprint density at radius 3 is 1.29 bits per heavy atom. The lowest BCUT2D eigenvalue weighted by atomic mass is 9.95. The number of carbonyl (C=O) groups is 2. The standard InChI is InChI=1S/C45H89N3O2.C17H34O2/c1-5-9-13-17-19-23-32-42(31-22-15-11-7-3)41-50-45(49)36-27-21-25-34-43(33-24-16-12-8-4)48(40-30-39-47-37-28-29-38-47)44(46)35-26-20-18-14-10-6-2;1-3-5-7-9-10-12-14-17(15-19-16-18)13-11-8-6-4-2/h42-43,46H,5-41H2,1-4H3;16-17H,3-15H2,1-2H3. The van der Waals surface area contributed by atoms with Gasteiger partial charge in [-0.2, -0.15) is 0 Å². The second-order valence-corrected chi connectivity index (χ2v) is 21.8. The Kier molecular flexibility index (Phi) is 52.9. The van der Waals surface area contributed by atoms with Gasteiger partial charge >= 0.3 is 5.97 Å². The molecule has 7 nitrogen and oxygen atoms in total. The fraction of sp³-hybridized carbons (Fsp3) is 0.952. The van der Waals surface area contributed by atoms with Crippen molar-refractivity contribution in [3.63, 3.8) is 0 Å². The minimum Gasteiger partial charge on any atom is -0.468 e. The smallest absolute Gasteiger partial charge is 0.305 e. The molecule has 410 valence electrons. The summed E-state index contributed by atoms with van der Waals surface area (Å²) in [6.45, 7) is 20.2. The summed E-state index contributed by atoms with van der Waals surface area (Å²) in [5.41, 5.74) is 0. The molecule has 1 N–H and O–H groups in total. The van der Waals surface area contributed by atoms with E-state index in [1.54, 1.807) is 0 Å². The van der Waals surface area contributed by atoms with Crippen LogP contribution in [0.5, 0.6) is 0 Å². The summed E-state index contributed by atoms with van der Waals surface area (Å²) < 4.78 is 10.9. The van der Waals surface area contributed by atoms with Gasteiger partial charge in [0.2, 0.25) is 0 Å². The second-order valence-electron chi connectivity index (χ2n) is 21.8. The Hall–Kier alpha value is -1.63. The molecule has 0 saturated carbocycles. The lowest BCUT2D eigenvalue weighted by Crippen LogP contribution is -2.41. The monoisotopic (exact) mass is 974 g/mol. The van der Waals surface area contributed by atoms with Crippen LogP contribution in [-0.2, 0) is 19.1 Å². The average Bonchev–Trinajstić information content (AvgIpc) is 3.88. The molecule has 0 bridgehead atoms. The van der Waals surface area contributed by atoms with Crippen molar-refractivity contribution in [2.75, 3.05) is 39.4 Å². The summed E-state index contributed by atoms with van der Waals surface area (Å²) in [4.78, 5) is 28.3. The van der Waals surface area contributed by atoms with Gasteiger partial charge in [0.05, 0.1) is 19.0 Å². The van der Waals surface area contributed by atoms with E-state index >= 15 is 0 Å². The number of unbranched alkanes of at least 4 members (excludes halogenated alkanes) is 26. The third kappa shape index (κ3) is 44.8. The molecule has 0 aromatic heterocycles. The van der Waals surface area contributed by atoms with Crippen LogP contribution in [0.4, 0.5) is 0 Å². The summed E-state index contributed by atoms with van der Waals surface area (Å²) in [6.07, 6.45) is 55.1. The number of nitrogens with zero attached hydrogens (tertiary/aromatic N) is 2. The van der Waals surface area contributed by atoms with Crippen LogP contribution >= 0.6 is 0 Å². The Balaban J connectivity index is 0.00000203. The highest BCUT2D eigenvalue weighted by Gasteiger charge is 2.22. The molecule has 0 amide bonds. The first-order chi connectivity index (χ1) is 33.9. The summed E-state index contributed by atoms with van der Waals surface area (Å²) in [5, 5.41) is 9.24. The molecule has 3 unspecified atom stereocenters. The quantitative estimate of drug-likeness (QED) is 0.0215. The lowest BCUT2D eigenvalue weighted by molar-refractivity contribution is -0.145. The van der Waals surface area contributed by atoms with Gasteiger partial charge in [-0.1, -0.05) is 241 Å². The predicted octanol–water partition coefficient (Wildman–Crippen LogP) is 19.2. The fourth-order valence-electron chi connectivity index (χ4n) is 10.5. The number of hydrogen-bond acceptors (Lipinski definition) is 6. The minimum atomic E-state index is 0.0203. The SMILES string of the molecule is CCCCCCCCC(=N)N(CCCN1CCCC1)C(CCCCCC)CCCCCC(=O)OCC(CCCCCC)CCCCCCCC.CCCCCCCCC(CCCCCC)COC=O. The molecule has 0 aromatic carbocycles. The zero-order valence-corrected chi connectivity index (χ0v) is 47.7. The summed E-state index contributed by atoms with van der Waals surface area (Å²) in [6, 6.07) is 0.473. The molecular formula is C62H123N3O4. The van der Waals surface area contributed by atoms with E-state index < -0.39 is 0 Å². The van der Waals surface area contributed by atoms with E-state index in [-0.39, 0.29) is 5.97 Å². The van der Waals surface area contributed by atoms with Gasteiger partial charge < -0.3 is 19.3 Å². The number of esters is 1. The summed E-state index contributed by atoms with van der Waals surface area (Å²) >= 11 is 0. The maximum Gasteiger partial charge on any atom is 0.305 e. The van der Waals surface area contributed by atoms with Crippen molar-refractivity contribution >= 4 is 18.3 Å². The van der Waals surface area contributed by atoms with Crippen LogP contribution in [0.3, 0.4) is 0 Å². The van der Waals surface area contributed by atoms with Crippen LogP contribution in [-0.4, -0.2) is 73.5 Å². The Morgan fingerprint density at radius 1 is 0.478 bits per heavy atom. The van der Waals surface area contributed by atoms with E-state index in [1.807, 2.05) is 0 Å².